The van der Waals surface area contributed by atoms with Gasteiger partial charge in [0.2, 0.25) is 0 Å². The van der Waals surface area contributed by atoms with Crippen LogP contribution in [0.15, 0.2) is 28.7 Å². The van der Waals surface area contributed by atoms with Gasteiger partial charge in [0.15, 0.2) is 11.5 Å². The first kappa shape index (κ1) is 8.97. The van der Waals surface area contributed by atoms with Gasteiger partial charge in [-0.15, -0.1) is 0 Å². The predicted molar refractivity (Wildman–Crippen MR) is 56.8 cm³/mol. The van der Waals surface area contributed by atoms with Gasteiger partial charge in [0.25, 0.3) is 0 Å². The molecule has 0 atom stereocenters. The van der Waals surface area contributed by atoms with Gasteiger partial charge >= 0.3 is 0 Å². The van der Waals surface area contributed by atoms with Crippen LogP contribution in [0, 0.1) is 6.92 Å². The number of aryl methyl sites for hydroxylation is 1. The van der Waals surface area contributed by atoms with Crippen LogP contribution in [0.2, 0.25) is 0 Å². The van der Waals surface area contributed by atoms with Crippen molar-refractivity contribution in [3.05, 3.63) is 35.7 Å². The number of para-hydroxylation sites is 1. The van der Waals surface area contributed by atoms with E-state index in [0.29, 0.717) is 12.4 Å². The minimum absolute atomic E-state index is 0.535. The molecule has 0 aliphatic carbocycles. The summed E-state index contributed by atoms with van der Waals surface area (Å²) in [6.07, 6.45) is 3.86. The average Bonchev–Trinajstić information content (AvgIpc) is 2.55. The smallest absolute Gasteiger partial charge is 0.192 e. The average molecular weight is 188 g/mol. The Kier molecular flexibility index (Phi) is 2.33. The van der Waals surface area contributed by atoms with Gasteiger partial charge in [-0.2, -0.15) is 0 Å². The van der Waals surface area contributed by atoms with Crippen LogP contribution < -0.4 is 5.73 Å². The van der Waals surface area contributed by atoms with Crippen molar-refractivity contribution >= 4 is 17.2 Å². The summed E-state index contributed by atoms with van der Waals surface area (Å²) in [4.78, 5) is 4.31. The number of aromatic nitrogens is 1. The number of nitrogens with zero attached hydrogens (tertiary/aromatic N) is 1. The van der Waals surface area contributed by atoms with E-state index in [1.807, 2.05) is 37.3 Å². The molecule has 0 saturated heterocycles. The molecule has 1 aromatic carbocycles. The number of hydrogen-bond donors (Lipinski definition) is 1. The third kappa shape index (κ3) is 1.54. The Morgan fingerprint density at radius 2 is 2.36 bits per heavy atom. The maximum atomic E-state index is 5.41. The van der Waals surface area contributed by atoms with E-state index in [1.165, 1.54) is 0 Å². The van der Waals surface area contributed by atoms with Gasteiger partial charge in [0.05, 0.1) is 0 Å². The summed E-state index contributed by atoms with van der Waals surface area (Å²) < 4.78 is 5.41. The molecule has 0 aliphatic heterocycles. The van der Waals surface area contributed by atoms with Crippen molar-refractivity contribution in [1.82, 2.24) is 4.98 Å². The van der Waals surface area contributed by atoms with E-state index >= 15 is 0 Å². The van der Waals surface area contributed by atoms with E-state index in [4.69, 9.17) is 10.2 Å². The fraction of sp³-hybridized carbons (Fsp3) is 0.182. The molecule has 2 rings (SSSR count). The Morgan fingerprint density at radius 3 is 3.14 bits per heavy atom. The van der Waals surface area contributed by atoms with Gasteiger partial charge in [-0.25, -0.2) is 4.98 Å². The Labute approximate surface area is 82.2 Å². The summed E-state index contributed by atoms with van der Waals surface area (Å²) in [5, 5.41) is 0. The third-order valence-corrected chi connectivity index (χ3v) is 1.99. The Morgan fingerprint density at radius 1 is 1.50 bits per heavy atom. The summed E-state index contributed by atoms with van der Waals surface area (Å²) >= 11 is 0. The van der Waals surface area contributed by atoms with Crippen molar-refractivity contribution in [2.45, 2.75) is 6.92 Å². The molecule has 2 aromatic rings. The largest absolute Gasteiger partial charge is 0.441 e. The van der Waals surface area contributed by atoms with Crippen LogP contribution in [-0.2, 0) is 0 Å². The normalized spacial score (nSPS) is 11.6. The van der Waals surface area contributed by atoms with Gasteiger partial charge in [0, 0.05) is 19.0 Å². The van der Waals surface area contributed by atoms with E-state index in [2.05, 4.69) is 4.98 Å². The Bertz CT molecular complexity index is 471. The molecule has 0 radical (unpaired) electrons. The molecule has 0 saturated carbocycles. The van der Waals surface area contributed by atoms with E-state index in [0.717, 1.165) is 16.7 Å². The number of oxazole rings is 1. The highest BCUT2D eigenvalue weighted by Crippen LogP contribution is 2.19. The molecule has 1 heterocycles. The van der Waals surface area contributed by atoms with Gasteiger partial charge in [0.1, 0.15) is 5.52 Å². The first-order valence-corrected chi connectivity index (χ1v) is 4.54. The monoisotopic (exact) mass is 188 g/mol. The summed E-state index contributed by atoms with van der Waals surface area (Å²) in [5.74, 6) is 0.689. The molecule has 0 unspecified atom stereocenters. The van der Waals surface area contributed by atoms with Crippen LogP contribution in [0.3, 0.4) is 0 Å². The van der Waals surface area contributed by atoms with Gasteiger partial charge in [-0.1, -0.05) is 24.3 Å². The van der Waals surface area contributed by atoms with Gasteiger partial charge < -0.3 is 10.2 Å². The number of nitrogens with two attached hydrogens (primary N) is 1. The van der Waals surface area contributed by atoms with E-state index in [1.54, 1.807) is 0 Å². The lowest BCUT2D eigenvalue weighted by Crippen LogP contribution is -1.92. The molecule has 0 bridgehead atoms. The molecule has 72 valence electrons. The van der Waals surface area contributed by atoms with Crippen LogP contribution in [0.25, 0.3) is 17.2 Å². The second kappa shape index (κ2) is 3.64. The fourth-order valence-electron chi connectivity index (χ4n) is 1.41. The predicted octanol–water partition coefficient (Wildman–Crippen LogP) is 2.11. The van der Waals surface area contributed by atoms with Crippen LogP contribution >= 0.6 is 0 Å². The van der Waals surface area contributed by atoms with Crippen molar-refractivity contribution in [2.75, 3.05) is 6.54 Å². The number of benzene rings is 1. The molecule has 14 heavy (non-hydrogen) atoms. The number of fused-ring (bicyclic) bond motifs is 1. The van der Waals surface area contributed by atoms with Crippen LogP contribution in [0.5, 0.6) is 0 Å². The second-order valence-electron chi connectivity index (χ2n) is 3.06. The minimum atomic E-state index is 0.535. The quantitative estimate of drug-likeness (QED) is 0.785. The SMILES string of the molecule is Cc1nc2c(/C=C/CN)cccc2o1. The van der Waals surface area contributed by atoms with Crippen LogP contribution in [0.1, 0.15) is 11.5 Å². The zero-order valence-corrected chi connectivity index (χ0v) is 8.03. The first-order chi connectivity index (χ1) is 6.81. The Balaban J connectivity index is 2.58. The van der Waals surface area contributed by atoms with E-state index in [9.17, 15) is 0 Å². The molecular formula is C11H12N2O. The molecule has 0 amide bonds. The van der Waals surface area contributed by atoms with Crippen molar-refractivity contribution in [3.8, 4) is 0 Å². The van der Waals surface area contributed by atoms with E-state index < -0.39 is 0 Å². The zero-order valence-electron chi connectivity index (χ0n) is 8.03. The highest BCUT2D eigenvalue weighted by Gasteiger charge is 2.03. The molecule has 0 aliphatic rings. The minimum Gasteiger partial charge on any atom is -0.441 e. The Hall–Kier alpha value is -1.61. The number of rotatable bonds is 2. The standard InChI is InChI=1S/C11H12N2O/c1-8-13-11-9(5-3-7-12)4-2-6-10(11)14-8/h2-6H,7,12H2,1H3/b5-3+. The highest BCUT2D eigenvalue weighted by molar-refractivity contribution is 5.83. The van der Waals surface area contributed by atoms with Crippen molar-refractivity contribution in [1.29, 1.82) is 0 Å². The third-order valence-electron chi connectivity index (χ3n) is 1.99. The van der Waals surface area contributed by atoms with E-state index in [-0.39, 0.29) is 0 Å². The number of hydrogen-bond acceptors (Lipinski definition) is 3. The maximum Gasteiger partial charge on any atom is 0.192 e. The van der Waals surface area contributed by atoms with Crippen LogP contribution in [0.4, 0.5) is 0 Å². The van der Waals surface area contributed by atoms with Crippen molar-refractivity contribution in [2.24, 2.45) is 5.73 Å². The fourth-order valence-corrected chi connectivity index (χ4v) is 1.41. The second-order valence-corrected chi connectivity index (χ2v) is 3.06. The topological polar surface area (TPSA) is 52.0 Å². The molecule has 1 aromatic heterocycles. The summed E-state index contributed by atoms with van der Waals surface area (Å²) in [6.45, 7) is 2.38. The molecule has 0 fully saturated rings. The van der Waals surface area contributed by atoms with Gasteiger partial charge in [-0.05, 0) is 6.07 Å². The molecular weight excluding hydrogens is 176 g/mol. The lowest BCUT2D eigenvalue weighted by Gasteiger charge is -1.92. The van der Waals surface area contributed by atoms with Gasteiger partial charge in [-0.3, -0.25) is 0 Å². The first-order valence-electron chi connectivity index (χ1n) is 4.54. The summed E-state index contributed by atoms with van der Waals surface area (Å²) in [7, 11) is 0. The highest BCUT2D eigenvalue weighted by atomic mass is 16.3. The lowest BCUT2D eigenvalue weighted by molar-refractivity contribution is 0.561. The van der Waals surface area contributed by atoms with Crippen LogP contribution in [-0.4, -0.2) is 11.5 Å². The molecule has 3 heteroatoms. The molecule has 2 N–H and O–H groups in total. The van der Waals surface area contributed by atoms with Crippen molar-refractivity contribution in [3.63, 3.8) is 0 Å². The lowest BCUT2D eigenvalue weighted by atomic mass is 10.2. The summed E-state index contributed by atoms with van der Waals surface area (Å²) in [5.41, 5.74) is 8.16. The molecule has 3 nitrogen and oxygen atoms in total. The summed E-state index contributed by atoms with van der Waals surface area (Å²) in [6, 6.07) is 5.86. The maximum absolute atomic E-state index is 5.41. The zero-order chi connectivity index (χ0) is 9.97. The molecule has 0 spiro atoms. The van der Waals surface area contributed by atoms with Crippen molar-refractivity contribution < 1.29 is 4.42 Å².